The van der Waals surface area contributed by atoms with Crippen molar-refractivity contribution in [3.05, 3.63) is 108 Å². The van der Waals surface area contributed by atoms with E-state index in [-0.39, 0.29) is 0 Å². The summed E-state index contributed by atoms with van der Waals surface area (Å²) in [5, 5.41) is 0.499. The molecule has 198 valence electrons. The van der Waals surface area contributed by atoms with Gasteiger partial charge >= 0.3 is 0 Å². The molecule has 0 fully saturated rings. The van der Waals surface area contributed by atoms with Crippen LogP contribution in [0, 0.1) is 0 Å². The van der Waals surface area contributed by atoms with E-state index in [0.29, 0.717) is 18.9 Å². The smallest absolute Gasteiger partial charge is 0.214 e. The Labute approximate surface area is 229 Å². The summed E-state index contributed by atoms with van der Waals surface area (Å²) in [4.78, 5) is 9.39. The second-order valence-corrected chi connectivity index (χ2v) is 12.1. The number of hydrogen-bond donors (Lipinski definition) is 0. The minimum absolute atomic E-state index is 0.400. The van der Waals surface area contributed by atoms with E-state index >= 15 is 0 Å². The van der Waals surface area contributed by atoms with E-state index in [1.54, 1.807) is 20.2 Å². The average Bonchev–Trinajstić information content (AvgIpc) is 2.95. The van der Waals surface area contributed by atoms with Gasteiger partial charge in [-0.25, -0.2) is 13.4 Å². The molecule has 2 heterocycles. The van der Waals surface area contributed by atoms with Crippen LogP contribution in [0.1, 0.15) is 18.1 Å². The van der Waals surface area contributed by atoms with Crippen molar-refractivity contribution in [3.63, 3.8) is 0 Å². The van der Waals surface area contributed by atoms with Crippen LogP contribution in [-0.2, 0) is 22.9 Å². The molecule has 1 atom stereocenters. The lowest BCUT2D eigenvalue weighted by atomic mass is 9.95. The fourth-order valence-corrected chi connectivity index (χ4v) is 4.95. The van der Waals surface area contributed by atoms with Gasteiger partial charge in [0.1, 0.15) is 22.2 Å². The summed E-state index contributed by atoms with van der Waals surface area (Å²) in [6, 6.07) is 29.6. The van der Waals surface area contributed by atoms with Crippen LogP contribution in [0.25, 0.3) is 33.3 Å². The number of aromatic nitrogens is 2. The fourth-order valence-electron chi connectivity index (χ4n) is 4.46. The zero-order valence-electron chi connectivity index (χ0n) is 22.2. The first kappa shape index (κ1) is 26.4. The van der Waals surface area contributed by atoms with Crippen LogP contribution in [0.4, 0.5) is 0 Å². The maximum atomic E-state index is 12.1. The van der Waals surface area contributed by atoms with Crippen molar-refractivity contribution in [1.29, 1.82) is 0 Å². The largest absolute Gasteiger partial charge is 0.497 e. The zero-order chi connectivity index (χ0) is 27.4. The molecule has 0 spiro atoms. The molecule has 0 saturated heterocycles. The number of methoxy groups -OCH3 is 1. The molecule has 0 bridgehead atoms. The molecule has 39 heavy (non-hydrogen) atoms. The normalized spacial score (nSPS) is 12.3. The van der Waals surface area contributed by atoms with Crippen LogP contribution in [0.3, 0.4) is 0 Å². The average molecular weight is 539 g/mol. The Morgan fingerprint density at radius 3 is 2.38 bits per heavy atom. The van der Waals surface area contributed by atoms with E-state index in [0.717, 1.165) is 50.2 Å². The summed E-state index contributed by atoms with van der Waals surface area (Å²) in [7, 11) is -1.50. The lowest BCUT2D eigenvalue weighted by Gasteiger charge is -2.14. The highest BCUT2D eigenvalue weighted by molar-refractivity contribution is 7.91. The van der Waals surface area contributed by atoms with Crippen LogP contribution in [0.2, 0.25) is 0 Å². The Bertz CT molecular complexity index is 1720. The molecule has 0 N–H and O–H groups in total. The van der Waals surface area contributed by atoms with Crippen molar-refractivity contribution >= 4 is 20.7 Å². The molecule has 0 radical (unpaired) electrons. The number of hydrogen-bond acceptors (Lipinski definition) is 6. The molecule has 2 aromatic heterocycles. The Morgan fingerprint density at radius 1 is 0.846 bits per heavy atom. The molecule has 3 aromatic carbocycles. The van der Waals surface area contributed by atoms with E-state index in [2.05, 4.69) is 17.1 Å². The van der Waals surface area contributed by atoms with Crippen molar-refractivity contribution in [2.45, 2.75) is 25.2 Å². The molecule has 0 aliphatic carbocycles. The van der Waals surface area contributed by atoms with Gasteiger partial charge in [-0.1, -0.05) is 42.5 Å². The molecule has 5 rings (SSSR count). The maximum absolute atomic E-state index is 12.1. The monoisotopic (exact) mass is 538 g/mol. The molecule has 7 heteroatoms. The molecular weight excluding hydrogens is 508 g/mol. The third-order valence-corrected chi connectivity index (χ3v) is 8.39. The van der Waals surface area contributed by atoms with Gasteiger partial charge in [0.15, 0.2) is 0 Å². The Balaban J connectivity index is 1.45. The topological polar surface area (TPSA) is 78.4 Å². The third-order valence-electron chi connectivity index (χ3n) is 6.76. The first-order valence-corrected chi connectivity index (χ1v) is 14.7. The second kappa shape index (κ2) is 11.3. The van der Waals surface area contributed by atoms with Gasteiger partial charge in [-0.2, -0.15) is 0 Å². The fraction of sp³-hybridized carbons (Fsp3) is 0.188. The van der Waals surface area contributed by atoms with Crippen LogP contribution in [0.5, 0.6) is 11.6 Å². The van der Waals surface area contributed by atoms with Gasteiger partial charge in [-0.05, 0) is 72.5 Å². The lowest BCUT2D eigenvalue weighted by molar-refractivity contribution is 0.294. The number of sulfone groups is 1. The van der Waals surface area contributed by atoms with E-state index in [4.69, 9.17) is 14.5 Å². The second-order valence-electron chi connectivity index (χ2n) is 9.64. The van der Waals surface area contributed by atoms with E-state index in [1.165, 1.54) is 6.26 Å². The number of pyridine rings is 2. The van der Waals surface area contributed by atoms with Crippen molar-refractivity contribution in [2.75, 3.05) is 13.4 Å². The highest BCUT2D eigenvalue weighted by Gasteiger charge is 2.17. The predicted octanol–water partition coefficient (Wildman–Crippen LogP) is 6.53. The van der Waals surface area contributed by atoms with Crippen molar-refractivity contribution < 1.29 is 17.9 Å². The number of nitrogens with zero attached hydrogens (tertiary/aromatic N) is 2. The Kier molecular flexibility index (Phi) is 7.61. The summed E-state index contributed by atoms with van der Waals surface area (Å²) in [5.74, 6) is 1.34. The van der Waals surface area contributed by atoms with E-state index < -0.39 is 15.1 Å². The van der Waals surface area contributed by atoms with Gasteiger partial charge < -0.3 is 9.47 Å². The van der Waals surface area contributed by atoms with Gasteiger partial charge in [0.05, 0.1) is 23.6 Å². The predicted molar refractivity (Wildman–Crippen MR) is 156 cm³/mol. The van der Waals surface area contributed by atoms with Gasteiger partial charge in [-0.3, -0.25) is 4.98 Å². The molecule has 5 aromatic rings. The van der Waals surface area contributed by atoms with Gasteiger partial charge in [0, 0.05) is 35.0 Å². The molecular formula is C32H30N2O4S. The SMILES string of the molecule is COc1ccc(COc2cccc(-c3cccc(-c4cc(CC(C)S(C)(=O)=O)cc5cccnc45)c3)n2)cc1. The zero-order valence-corrected chi connectivity index (χ0v) is 23.0. The van der Waals surface area contributed by atoms with Crippen LogP contribution >= 0.6 is 0 Å². The third kappa shape index (κ3) is 6.26. The highest BCUT2D eigenvalue weighted by atomic mass is 32.2. The summed E-state index contributed by atoms with van der Waals surface area (Å²) in [6.45, 7) is 2.15. The van der Waals surface area contributed by atoms with E-state index in [1.807, 2.05) is 78.9 Å². The van der Waals surface area contributed by atoms with Crippen molar-refractivity contribution in [3.8, 4) is 34.0 Å². The van der Waals surface area contributed by atoms with Crippen LogP contribution < -0.4 is 9.47 Å². The molecule has 0 aliphatic heterocycles. The lowest BCUT2D eigenvalue weighted by Crippen LogP contribution is -2.18. The summed E-state index contributed by atoms with van der Waals surface area (Å²) in [5.41, 5.74) is 6.53. The van der Waals surface area contributed by atoms with Gasteiger partial charge in [-0.15, -0.1) is 0 Å². The Hall–Kier alpha value is -4.23. The van der Waals surface area contributed by atoms with Gasteiger partial charge in [0.2, 0.25) is 5.88 Å². The molecule has 1 unspecified atom stereocenters. The molecule has 0 saturated carbocycles. The van der Waals surface area contributed by atoms with E-state index in [9.17, 15) is 8.42 Å². The van der Waals surface area contributed by atoms with Crippen molar-refractivity contribution in [2.24, 2.45) is 0 Å². The summed E-state index contributed by atoms with van der Waals surface area (Å²) >= 11 is 0. The minimum Gasteiger partial charge on any atom is -0.497 e. The number of ether oxygens (including phenoxy) is 2. The van der Waals surface area contributed by atoms with Crippen molar-refractivity contribution in [1.82, 2.24) is 9.97 Å². The minimum atomic E-state index is -3.15. The molecule has 0 aliphatic rings. The molecule has 0 amide bonds. The first-order chi connectivity index (χ1) is 18.8. The number of rotatable bonds is 9. The highest BCUT2D eigenvalue weighted by Crippen LogP contribution is 2.32. The van der Waals surface area contributed by atoms with Gasteiger partial charge in [0.25, 0.3) is 0 Å². The van der Waals surface area contributed by atoms with Crippen LogP contribution in [0.15, 0.2) is 97.2 Å². The Morgan fingerprint density at radius 2 is 1.62 bits per heavy atom. The maximum Gasteiger partial charge on any atom is 0.214 e. The first-order valence-electron chi connectivity index (χ1n) is 12.7. The number of benzene rings is 3. The summed E-state index contributed by atoms with van der Waals surface area (Å²) < 4.78 is 35.4. The van der Waals surface area contributed by atoms with Crippen LogP contribution in [-0.4, -0.2) is 37.0 Å². The number of fused-ring (bicyclic) bond motifs is 1. The quantitative estimate of drug-likeness (QED) is 0.212. The standard InChI is InChI=1S/C32H30N2O4S/c1-22(39(3,35)36)17-24-18-27-9-6-16-33-32(27)29(19-24)25-7-4-8-26(20-25)30-10-5-11-31(34-30)38-21-23-12-14-28(37-2)15-13-23/h4-16,18-20,22H,17,21H2,1-3H3. The summed E-state index contributed by atoms with van der Waals surface area (Å²) in [6.07, 6.45) is 3.50. The molecule has 6 nitrogen and oxygen atoms in total.